The molecule has 22 heavy (non-hydrogen) atoms. The van der Waals surface area contributed by atoms with Crippen LogP contribution in [0.15, 0.2) is 23.4 Å². The molecule has 1 aromatic heterocycles. The lowest BCUT2D eigenvalue weighted by atomic mass is 10.2. The summed E-state index contributed by atoms with van der Waals surface area (Å²) in [7, 11) is 3.37. The molecule has 0 N–H and O–H groups in total. The van der Waals surface area contributed by atoms with E-state index in [4.69, 9.17) is 9.47 Å². The number of ether oxygens (including phenoxy) is 2. The van der Waals surface area contributed by atoms with Gasteiger partial charge < -0.3 is 14.0 Å². The first-order valence-electron chi connectivity index (χ1n) is 7.53. The summed E-state index contributed by atoms with van der Waals surface area (Å²) in [5.74, 6) is 4.25. The van der Waals surface area contributed by atoms with Crippen molar-refractivity contribution in [3.63, 3.8) is 0 Å². The first-order chi connectivity index (χ1) is 10.8. The van der Waals surface area contributed by atoms with E-state index < -0.39 is 0 Å². The summed E-state index contributed by atoms with van der Waals surface area (Å²) in [4.78, 5) is 0. The molecule has 118 valence electrons. The molecular weight excluding hydrogens is 298 g/mol. The van der Waals surface area contributed by atoms with Gasteiger partial charge in [0, 0.05) is 23.8 Å². The SMILES string of the molecule is CCn1c(SCc2cc(OC)ccc2OC)nnc1C1CC1. The van der Waals surface area contributed by atoms with Crippen LogP contribution in [0.4, 0.5) is 0 Å². The van der Waals surface area contributed by atoms with Crippen molar-refractivity contribution < 1.29 is 9.47 Å². The third-order valence-corrected chi connectivity index (χ3v) is 4.86. The largest absolute Gasteiger partial charge is 0.497 e. The van der Waals surface area contributed by atoms with Gasteiger partial charge in [-0.25, -0.2) is 0 Å². The maximum Gasteiger partial charge on any atom is 0.191 e. The van der Waals surface area contributed by atoms with Gasteiger partial charge in [0.25, 0.3) is 0 Å². The van der Waals surface area contributed by atoms with Crippen LogP contribution in [-0.2, 0) is 12.3 Å². The molecule has 0 atom stereocenters. The van der Waals surface area contributed by atoms with E-state index in [0.717, 1.165) is 40.3 Å². The van der Waals surface area contributed by atoms with Gasteiger partial charge in [-0.3, -0.25) is 0 Å². The molecule has 0 spiro atoms. The molecular formula is C16H21N3O2S. The highest BCUT2D eigenvalue weighted by molar-refractivity contribution is 7.98. The molecule has 5 nitrogen and oxygen atoms in total. The maximum absolute atomic E-state index is 5.43. The van der Waals surface area contributed by atoms with Gasteiger partial charge in [0.05, 0.1) is 14.2 Å². The maximum atomic E-state index is 5.43. The summed E-state index contributed by atoms with van der Waals surface area (Å²) in [6, 6.07) is 5.86. The van der Waals surface area contributed by atoms with Crippen LogP contribution >= 0.6 is 11.8 Å². The highest BCUT2D eigenvalue weighted by Crippen LogP contribution is 2.40. The smallest absolute Gasteiger partial charge is 0.191 e. The Hall–Kier alpha value is -1.69. The Morgan fingerprint density at radius 1 is 1.23 bits per heavy atom. The van der Waals surface area contributed by atoms with E-state index in [0.29, 0.717) is 5.92 Å². The Kier molecular flexibility index (Phi) is 4.57. The van der Waals surface area contributed by atoms with Crippen molar-refractivity contribution in [3.8, 4) is 11.5 Å². The molecule has 0 radical (unpaired) electrons. The molecule has 1 aliphatic carbocycles. The minimum Gasteiger partial charge on any atom is -0.497 e. The van der Waals surface area contributed by atoms with Crippen LogP contribution in [0.5, 0.6) is 11.5 Å². The molecule has 0 amide bonds. The molecule has 0 saturated heterocycles. The molecule has 1 heterocycles. The van der Waals surface area contributed by atoms with Crippen LogP contribution in [0.25, 0.3) is 0 Å². The van der Waals surface area contributed by atoms with Gasteiger partial charge in [-0.05, 0) is 38.0 Å². The van der Waals surface area contributed by atoms with E-state index in [-0.39, 0.29) is 0 Å². The molecule has 2 aromatic rings. The average Bonchev–Trinajstić information content (AvgIpc) is 3.32. The summed E-state index contributed by atoms with van der Waals surface area (Å²) < 4.78 is 13.0. The summed E-state index contributed by atoms with van der Waals surface area (Å²) in [5, 5.41) is 9.72. The van der Waals surface area contributed by atoms with Crippen molar-refractivity contribution in [3.05, 3.63) is 29.6 Å². The number of hydrogen-bond acceptors (Lipinski definition) is 5. The Morgan fingerprint density at radius 3 is 2.68 bits per heavy atom. The summed E-state index contributed by atoms with van der Waals surface area (Å²) in [6.07, 6.45) is 2.49. The van der Waals surface area contributed by atoms with Crippen molar-refractivity contribution in [2.45, 2.75) is 43.1 Å². The lowest BCUT2D eigenvalue weighted by Gasteiger charge is -2.11. The number of aromatic nitrogens is 3. The first kappa shape index (κ1) is 15.2. The van der Waals surface area contributed by atoms with E-state index in [1.54, 1.807) is 26.0 Å². The van der Waals surface area contributed by atoms with Crippen LogP contribution in [0.2, 0.25) is 0 Å². The summed E-state index contributed by atoms with van der Waals surface area (Å²) >= 11 is 1.69. The Labute approximate surface area is 135 Å². The highest BCUT2D eigenvalue weighted by atomic mass is 32.2. The van der Waals surface area contributed by atoms with E-state index in [9.17, 15) is 0 Å². The van der Waals surface area contributed by atoms with Crippen molar-refractivity contribution >= 4 is 11.8 Å². The molecule has 6 heteroatoms. The van der Waals surface area contributed by atoms with Crippen LogP contribution in [-0.4, -0.2) is 29.0 Å². The minimum atomic E-state index is 0.619. The van der Waals surface area contributed by atoms with Gasteiger partial charge in [0.15, 0.2) is 5.16 Å². The van der Waals surface area contributed by atoms with Gasteiger partial charge in [0.1, 0.15) is 17.3 Å². The summed E-state index contributed by atoms with van der Waals surface area (Å²) in [5.41, 5.74) is 1.10. The highest BCUT2D eigenvalue weighted by Gasteiger charge is 2.29. The molecule has 1 aliphatic rings. The zero-order valence-electron chi connectivity index (χ0n) is 13.2. The average molecular weight is 319 g/mol. The number of rotatable bonds is 7. The lowest BCUT2D eigenvalue weighted by molar-refractivity contribution is 0.400. The minimum absolute atomic E-state index is 0.619. The van der Waals surface area contributed by atoms with Crippen LogP contribution in [0.1, 0.15) is 37.1 Å². The molecule has 3 rings (SSSR count). The van der Waals surface area contributed by atoms with Crippen molar-refractivity contribution in [2.75, 3.05) is 14.2 Å². The van der Waals surface area contributed by atoms with Crippen molar-refractivity contribution in [1.29, 1.82) is 0 Å². The van der Waals surface area contributed by atoms with E-state index in [1.807, 2.05) is 18.2 Å². The van der Waals surface area contributed by atoms with Crippen molar-refractivity contribution in [2.24, 2.45) is 0 Å². The Balaban J connectivity index is 1.77. The van der Waals surface area contributed by atoms with Gasteiger partial charge in [-0.2, -0.15) is 0 Å². The number of nitrogens with zero attached hydrogens (tertiary/aromatic N) is 3. The normalized spacial score (nSPS) is 14.1. The number of thioether (sulfide) groups is 1. The molecule has 0 aliphatic heterocycles. The molecule has 0 unspecified atom stereocenters. The van der Waals surface area contributed by atoms with Crippen LogP contribution in [0.3, 0.4) is 0 Å². The standard InChI is InChI=1S/C16H21N3O2S/c1-4-19-15(11-5-6-11)17-18-16(19)22-10-12-9-13(20-2)7-8-14(12)21-3/h7-9,11H,4-6,10H2,1-3H3. The van der Waals surface area contributed by atoms with Crippen LogP contribution in [0, 0.1) is 0 Å². The monoisotopic (exact) mass is 319 g/mol. The molecule has 0 bridgehead atoms. The Morgan fingerprint density at radius 2 is 2.05 bits per heavy atom. The predicted molar refractivity (Wildman–Crippen MR) is 86.8 cm³/mol. The second-order valence-corrected chi connectivity index (χ2v) is 6.27. The van der Waals surface area contributed by atoms with E-state index >= 15 is 0 Å². The zero-order valence-corrected chi connectivity index (χ0v) is 14.0. The fraction of sp³-hybridized carbons (Fsp3) is 0.500. The summed E-state index contributed by atoms with van der Waals surface area (Å²) in [6.45, 7) is 3.06. The van der Waals surface area contributed by atoms with Gasteiger partial charge in [-0.1, -0.05) is 11.8 Å². The van der Waals surface area contributed by atoms with Gasteiger partial charge >= 0.3 is 0 Å². The number of hydrogen-bond donors (Lipinski definition) is 0. The van der Waals surface area contributed by atoms with Crippen molar-refractivity contribution in [1.82, 2.24) is 14.8 Å². The van der Waals surface area contributed by atoms with Crippen LogP contribution < -0.4 is 9.47 Å². The third-order valence-electron chi connectivity index (χ3n) is 3.85. The first-order valence-corrected chi connectivity index (χ1v) is 8.52. The molecule has 1 saturated carbocycles. The number of methoxy groups -OCH3 is 2. The van der Waals surface area contributed by atoms with Gasteiger partial charge in [0.2, 0.25) is 0 Å². The van der Waals surface area contributed by atoms with Gasteiger partial charge in [-0.15, -0.1) is 10.2 Å². The fourth-order valence-corrected chi connectivity index (χ4v) is 3.47. The van der Waals surface area contributed by atoms with E-state index in [2.05, 4.69) is 21.7 Å². The molecule has 1 fully saturated rings. The second kappa shape index (κ2) is 6.60. The predicted octanol–water partition coefficient (Wildman–Crippen LogP) is 3.48. The Bertz CT molecular complexity index is 653. The molecule has 1 aromatic carbocycles. The second-order valence-electron chi connectivity index (χ2n) is 5.33. The third kappa shape index (κ3) is 3.06. The zero-order chi connectivity index (χ0) is 15.5. The topological polar surface area (TPSA) is 49.2 Å². The lowest BCUT2D eigenvalue weighted by Crippen LogP contribution is -2.02. The van der Waals surface area contributed by atoms with E-state index in [1.165, 1.54) is 12.8 Å². The quantitative estimate of drug-likeness (QED) is 0.731. The fourth-order valence-electron chi connectivity index (χ4n) is 2.48. The number of benzene rings is 1.